The number of nitrogens with zero attached hydrogens (tertiary/aromatic N) is 4. The number of ether oxygens (including phenoxy) is 1. The van der Waals surface area contributed by atoms with Crippen LogP contribution in [-0.2, 0) is 0 Å². The second kappa shape index (κ2) is 5.81. The molecule has 1 aromatic heterocycles. The van der Waals surface area contributed by atoms with Gasteiger partial charge < -0.3 is 10.1 Å². The molecule has 24 heavy (non-hydrogen) atoms. The van der Waals surface area contributed by atoms with Crippen molar-refractivity contribution >= 4 is 11.6 Å². The summed E-state index contributed by atoms with van der Waals surface area (Å²) in [6.45, 7) is 2.10. The molecule has 0 saturated carbocycles. The van der Waals surface area contributed by atoms with Crippen LogP contribution in [0.2, 0.25) is 0 Å². The lowest BCUT2D eigenvalue weighted by Crippen LogP contribution is -2.20. The Morgan fingerprint density at radius 3 is 2.62 bits per heavy atom. The number of anilines is 1. The molecular formula is C18H17N5O. The molecule has 2 heterocycles. The monoisotopic (exact) mass is 319 g/mol. The fraction of sp³-hybridized carbons (Fsp3) is 0.167. The van der Waals surface area contributed by atoms with Crippen LogP contribution < -0.4 is 10.1 Å². The van der Waals surface area contributed by atoms with Crippen molar-refractivity contribution in [3.63, 3.8) is 0 Å². The van der Waals surface area contributed by atoms with Crippen molar-refractivity contribution < 1.29 is 4.74 Å². The summed E-state index contributed by atoms with van der Waals surface area (Å²) >= 11 is 0. The summed E-state index contributed by atoms with van der Waals surface area (Å²) in [7, 11) is 1.66. The minimum atomic E-state index is -0.0467. The number of rotatable bonds is 3. The average Bonchev–Trinajstić information content (AvgIpc) is 3.10. The van der Waals surface area contributed by atoms with Gasteiger partial charge in [-0.3, -0.25) is 0 Å². The van der Waals surface area contributed by atoms with Crippen LogP contribution in [0.5, 0.6) is 5.75 Å². The first-order chi connectivity index (χ1) is 11.8. The molecule has 0 amide bonds. The lowest BCUT2D eigenvalue weighted by molar-refractivity contribution is 0.415. The van der Waals surface area contributed by atoms with E-state index in [1.54, 1.807) is 11.8 Å². The van der Waals surface area contributed by atoms with Gasteiger partial charge in [0.05, 0.1) is 7.11 Å². The molecule has 4 rings (SSSR count). The number of aromatic nitrogens is 4. The molecule has 120 valence electrons. The SMILES string of the molecule is COc1ccc(C2=CC(c3ccccc3C)n3nnnc3N2)cc1. The van der Waals surface area contributed by atoms with Gasteiger partial charge in [0.15, 0.2) is 0 Å². The molecule has 6 heteroatoms. The Morgan fingerprint density at radius 1 is 1.08 bits per heavy atom. The van der Waals surface area contributed by atoms with Crippen molar-refractivity contribution in [3.8, 4) is 5.75 Å². The van der Waals surface area contributed by atoms with E-state index in [0.29, 0.717) is 5.95 Å². The van der Waals surface area contributed by atoms with E-state index in [0.717, 1.165) is 17.0 Å². The number of fused-ring (bicyclic) bond motifs is 1. The molecule has 1 aliphatic heterocycles. The smallest absolute Gasteiger partial charge is 0.248 e. The van der Waals surface area contributed by atoms with Gasteiger partial charge in [-0.05, 0) is 64.4 Å². The van der Waals surface area contributed by atoms with Gasteiger partial charge in [-0.25, -0.2) is 0 Å². The first kappa shape index (κ1) is 14.4. The molecule has 0 saturated heterocycles. The number of tetrazole rings is 1. The number of methoxy groups -OCH3 is 1. The van der Waals surface area contributed by atoms with E-state index in [9.17, 15) is 0 Å². The minimum Gasteiger partial charge on any atom is -0.497 e. The Morgan fingerprint density at radius 2 is 1.88 bits per heavy atom. The van der Waals surface area contributed by atoms with E-state index in [2.05, 4.69) is 46.0 Å². The molecule has 1 unspecified atom stereocenters. The highest BCUT2D eigenvalue weighted by atomic mass is 16.5. The fourth-order valence-electron chi connectivity index (χ4n) is 2.93. The zero-order valence-corrected chi connectivity index (χ0v) is 13.5. The standard InChI is InChI=1S/C18H17N5O/c1-12-5-3-4-6-15(12)17-11-16(19-18-20-21-22-23(17)18)13-7-9-14(24-2)10-8-13/h3-11,17H,1-2H3,(H,19,20,22). The number of benzene rings is 2. The molecule has 2 aromatic carbocycles. The molecule has 0 bridgehead atoms. The zero-order valence-electron chi connectivity index (χ0n) is 13.5. The van der Waals surface area contributed by atoms with Gasteiger partial charge in [-0.2, -0.15) is 4.68 Å². The number of hydrogen-bond acceptors (Lipinski definition) is 5. The van der Waals surface area contributed by atoms with Gasteiger partial charge in [-0.1, -0.05) is 29.4 Å². The van der Waals surface area contributed by atoms with Crippen molar-refractivity contribution in [3.05, 3.63) is 71.3 Å². The molecule has 6 nitrogen and oxygen atoms in total. The van der Waals surface area contributed by atoms with Gasteiger partial charge in [-0.15, -0.1) is 0 Å². The molecule has 1 aliphatic rings. The number of allylic oxidation sites excluding steroid dienone is 1. The Hall–Kier alpha value is -3.15. The topological polar surface area (TPSA) is 64.9 Å². The van der Waals surface area contributed by atoms with Gasteiger partial charge in [0.25, 0.3) is 0 Å². The van der Waals surface area contributed by atoms with Crippen molar-refractivity contribution in [2.45, 2.75) is 13.0 Å². The van der Waals surface area contributed by atoms with Crippen molar-refractivity contribution in [2.24, 2.45) is 0 Å². The van der Waals surface area contributed by atoms with E-state index >= 15 is 0 Å². The lowest BCUT2D eigenvalue weighted by Gasteiger charge is -2.24. The Bertz CT molecular complexity index is 898. The maximum absolute atomic E-state index is 5.23. The molecule has 3 aromatic rings. The Kier molecular flexibility index (Phi) is 3.49. The van der Waals surface area contributed by atoms with Crippen LogP contribution in [0.25, 0.3) is 5.70 Å². The molecule has 0 aliphatic carbocycles. The van der Waals surface area contributed by atoms with E-state index in [-0.39, 0.29) is 6.04 Å². The van der Waals surface area contributed by atoms with Crippen molar-refractivity contribution in [2.75, 3.05) is 12.4 Å². The van der Waals surface area contributed by atoms with Gasteiger partial charge in [0, 0.05) is 5.70 Å². The largest absolute Gasteiger partial charge is 0.497 e. The van der Waals surface area contributed by atoms with Crippen LogP contribution >= 0.6 is 0 Å². The highest BCUT2D eigenvalue weighted by Crippen LogP contribution is 2.33. The molecule has 0 radical (unpaired) electrons. The maximum Gasteiger partial charge on any atom is 0.248 e. The normalized spacial score (nSPS) is 16.1. The zero-order chi connectivity index (χ0) is 16.5. The summed E-state index contributed by atoms with van der Waals surface area (Å²) in [4.78, 5) is 0. The third-order valence-corrected chi connectivity index (χ3v) is 4.24. The average molecular weight is 319 g/mol. The highest BCUT2D eigenvalue weighted by molar-refractivity contribution is 5.77. The number of hydrogen-bond donors (Lipinski definition) is 1. The van der Waals surface area contributed by atoms with Gasteiger partial charge in [0.2, 0.25) is 5.95 Å². The first-order valence-corrected chi connectivity index (χ1v) is 7.73. The van der Waals surface area contributed by atoms with E-state index in [1.165, 1.54) is 11.1 Å². The summed E-state index contributed by atoms with van der Waals surface area (Å²) in [6, 6.07) is 16.2. The first-order valence-electron chi connectivity index (χ1n) is 7.73. The minimum absolute atomic E-state index is 0.0467. The molecule has 1 atom stereocenters. The summed E-state index contributed by atoms with van der Waals surface area (Å²) in [5.74, 6) is 1.46. The van der Waals surface area contributed by atoms with E-state index in [4.69, 9.17) is 4.74 Å². The molecule has 1 N–H and O–H groups in total. The van der Waals surface area contributed by atoms with Gasteiger partial charge >= 0.3 is 0 Å². The van der Waals surface area contributed by atoms with Crippen LogP contribution in [0.1, 0.15) is 22.7 Å². The number of nitrogens with one attached hydrogen (secondary N) is 1. The second-order valence-corrected chi connectivity index (χ2v) is 5.68. The summed E-state index contributed by atoms with van der Waals surface area (Å²) in [6.07, 6.45) is 2.15. The van der Waals surface area contributed by atoms with Crippen LogP contribution in [-0.4, -0.2) is 27.3 Å². The van der Waals surface area contributed by atoms with Crippen LogP contribution in [0, 0.1) is 6.92 Å². The Labute approximate surface area is 139 Å². The van der Waals surface area contributed by atoms with E-state index < -0.39 is 0 Å². The summed E-state index contributed by atoms with van der Waals surface area (Å²) in [5.41, 5.74) is 4.42. The quantitative estimate of drug-likeness (QED) is 0.804. The third-order valence-electron chi connectivity index (χ3n) is 4.24. The van der Waals surface area contributed by atoms with Crippen molar-refractivity contribution in [1.29, 1.82) is 0 Å². The third kappa shape index (κ3) is 2.42. The molecule has 0 fully saturated rings. The fourth-order valence-corrected chi connectivity index (χ4v) is 2.93. The number of aryl methyl sites for hydroxylation is 1. The maximum atomic E-state index is 5.23. The van der Waals surface area contributed by atoms with Crippen LogP contribution in [0.3, 0.4) is 0 Å². The summed E-state index contributed by atoms with van der Waals surface area (Å²) in [5, 5.41) is 15.3. The highest BCUT2D eigenvalue weighted by Gasteiger charge is 2.25. The van der Waals surface area contributed by atoms with Crippen molar-refractivity contribution in [1.82, 2.24) is 20.2 Å². The molecule has 0 spiro atoms. The predicted molar refractivity (Wildman–Crippen MR) is 91.7 cm³/mol. The second-order valence-electron chi connectivity index (χ2n) is 5.68. The van der Waals surface area contributed by atoms with Crippen LogP contribution in [0.15, 0.2) is 54.6 Å². The molecular weight excluding hydrogens is 302 g/mol. The van der Waals surface area contributed by atoms with Crippen LogP contribution in [0.4, 0.5) is 5.95 Å². The van der Waals surface area contributed by atoms with E-state index in [1.807, 2.05) is 36.4 Å². The van der Waals surface area contributed by atoms with Gasteiger partial charge in [0.1, 0.15) is 11.8 Å². The lowest BCUT2D eigenvalue weighted by atomic mass is 9.98. The predicted octanol–water partition coefficient (Wildman–Crippen LogP) is 3.05. The Balaban J connectivity index is 1.80. The summed E-state index contributed by atoms with van der Waals surface area (Å²) < 4.78 is 7.03.